The van der Waals surface area contributed by atoms with Crippen molar-refractivity contribution >= 4 is 45.8 Å². The highest BCUT2D eigenvalue weighted by atomic mass is 32.2. The van der Waals surface area contributed by atoms with Gasteiger partial charge in [-0.3, -0.25) is 9.35 Å². The van der Waals surface area contributed by atoms with E-state index in [0.717, 1.165) is 41.2 Å². The molecule has 0 aromatic heterocycles. The van der Waals surface area contributed by atoms with Crippen molar-refractivity contribution in [2.75, 3.05) is 18.0 Å². The van der Waals surface area contributed by atoms with Gasteiger partial charge >= 0.3 is 5.97 Å². The van der Waals surface area contributed by atoms with Crippen LogP contribution in [-0.4, -0.2) is 47.4 Å². The van der Waals surface area contributed by atoms with Crippen LogP contribution in [0.2, 0.25) is 0 Å². The quantitative estimate of drug-likeness (QED) is 0.0830. The summed E-state index contributed by atoms with van der Waals surface area (Å²) in [6.45, 7) is 12.2. The average Bonchev–Trinajstić information content (AvgIpc) is 3.25. The van der Waals surface area contributed by atoms with Crippen molar-refractivity contribution in [3.05, 3.63) is 83.6 Å². The number of allylic oxidation sites excluding steroid dienone is 6. The number of anilines is 1. The number of aliphatic carboxylic acids is 1. The van der Waals surface area contributed by atoms with E-state index >= 15 is 0 Å². The zero-order chi connectivity index (χ0) is 30.9. The highest BCUT2D eigenvalue weighted by molar-refractivity contribution is 7.85. The molecule has 0 atom stereocenters. The minimum Gasteiger partial charge on any atom is -0.481 e. The number of carbonyl (C=O) groups is 1. The Morgan fingerprint density at radius 1 is 0.976 bits per heavy atom. The lowest BCUT2D eigenvalue weighted by Crippen LogP contribution is -2.28. The zero-order valence-electron chi connectivity index (χ0n) is 25.0. The van der Waals surface area contributed by atoms with Gasteiger partial charge in [-0.1, -0.05) is 32.1 Å². The molecule has 2 aromatic rings. The molecule has 224 valence electrons. The van der Waals surface area contributed by atoms with Crippen molar-refractivity contribution in [2.45, 2.75) is 80.9 Å². The molecule has 7 nitrogen and oxygen atoms in total. The largest absolute Gasteiger partial charge is 0.481 e. The Morgan fingerprint density at radius 3 is 2.38 bits per heavy atom. The highest BCUT2D eigenvalue weighted by Gasteiger charge is 2.45. The lowest BCUT2D eigenvalue weighted by atomic mass is 9.81. The number of benzene rings is 2. The highest BCUT2D eigenvalue weighted by Crippen LogP contribution is 2.48. The first-order chi connectivity index (χ1) is 19.7. The first-order valence-electron chi connectivity index (χ1n) is 14.3. The van der Waals surface area contributed by atoms with Gasteiger partial charge in [0.25, 0.3) is 10.1 Å². The maximum atomic E-state index is 11.9. The SMILES string of the molecule is CCN1C(=CC=CC=CC2=[N+](CCCCCC(=O)O)c3ccc(S(=O)(=O)O)cc3C2(C)C)C(C)(C)c2cc(S)ccc21. The Kier molecular flexibility index (Phi) is 9.25. The maximum Gasteiger partial charge on any atom is 0.303 e. The van der Waals surface area contributed by atoms with Crippen molar-refractivity contribution in [2.24, 2.45) is 0 Å². The number of fused-ring (bicyclic) bond motifs is 2. The number of carboxylic acid groups (broad SMARTS) is 1. The van der Waals surface area contributed by atoms with Crippen LogP contribution in [0, 0.1) is 0 Å². The summed E-state index contributed by atoms with van der Waals surface area (Å²) in [5, 5.41) is 8.97. The van der Waals surface area contributed by atoms with Crippen LogP contribution in [0.1, 0.15) is 71.4 Å². The van der Waals surface area contributed by atoms with E-state index in [0.29, 0.717) is 13.0 Å². The zero-order valence-corrected chi connectivity index (χ0v) is 26.7. The molecular formula is C33H41N2O5S2+. The van der Waals surface area contributed by atoms with Crippen LogP contribution < -0.4 is 4.90 Å². The summed E-state index contributed by atoms with van der Waals surface area (Å²) in [5.74, 6) is -0.796. The van der Waals surface area contributed by atoms with Gasteiger partial charge in [-0.25, -0.2) is 0 Å². The predicted molar refractivity (Wildman–Crippen MR) is 171 cm³/mol. The standard InChI is InChI=1S/C33H40N2O5S2/c1-6-34-27-18-16-23(41)21-25(27)32(2,3)29(34)13-9-7-10-14-30-33(4,5)26-22-24(42(38,39)40)17-19-28(26)35(30)20-12-8-11-15-31(36)37/h7,9-10,13-14,16-19,21-22H,6,8,11-12,15,20H2,1-5H3,(H2-,36,37,38,39,40,41)/p+1. The number of unbranched alkanes of at least 4 members (excludes halogenated alkanes) is 2. The van der Waals surface area contributed by atoms with Gasteiger partial charge in [-0.15, -0.1) is 12.6 Å². The van der Waals surface area contributed by atoms with Gasteiger partial charge < -0.3 is 10.0 Å². The Labute approximate surface area is 255 Å². The molecule has 42 heavy (non-hydrogen) atoms. The van der Waals surface area contributed by atoms with Crippen molar-refractivity contribution in [3.8, 4) is 0 Å². The maximum absolute atomic E-state index is 11.9. The van der Waals surface area contributed by atoms with Crippen LogP contribution in [0.15, 0.2) is 82.3 Å². The van der Waals surface area contributed by atoms with Gasteiger partial charge in [-0.05, 0) is 75.6 Å². The van der Waals surface area contributed by atoms with Gasteiger partial charge in [0.1, 0.15) is 6.54 Å². The van der Waals surface area contributed by atoms with E-state index in [2.05, 4.69) is 67.2 Å². The summed E-state index contributed by atoms with van der Waals surface area (Å²) >= 11 is 4.56. The molecule has 2 N–H and O–H groups in total. The fourth-order valence-electron chi connectivity index (χ4n) is 6.14. The second-order valence-electron chi connectivity index (χ2n) is 11.9. The first kappa shape index (κ1) is 31.8. The Morgan fingerprint density at radius 2 is 1.71 bits per heavy atom. The molecule has 0 fully saturated rings. The smallest absolute Gasteiger partial charge is 0.303 e. The molecular weight excluding hydrogens is 569 g/mol. The van der Waals surface area contributed by atoms with Crippen molar-refractivity contribution in [1.29, 1.82) is 0 Å². The second kappa shape index (κ2) is 12.2. The van der Waals surface area contributed by atoms with Crippen LogP contribution in [0.5, 0.6) is 0 Å². The summed E-state index contributed by atoms with van der Waals surface area (Å²) in [5.41, 5.74) is 5.72. The summed E-state index contributed by atoms with van der Waals surface area (Å²) in [6.07, 6.45) is 12.6. The minimum absolute atomic E-state index is 0.127. The third-order valence-corrected chi connectivity index (χ3v) is 9.48. The van der Waals surface area contributed by atoms with Gasteiger partial charge in [0, 0.05) is 58.8 Å². The second-order valence-corrected chi connectivity index (χ2v) is 13.8. The third-order valence-electron chi connectivity index (χ3n) is 8.36. The van der Waals surface area contributed by atoms with E-state index in [1.165, 1.54) is 23.0 Å². The molecule has 0 bridgehead atoms. The number of rotatable bonds is 11. The Bertz CT molecular complexity index is 1610. The topological polar surface area (TPSA) is 97.9 Å². The minimum atomic E-state index is -4.34. The molecule has 0 aliphatic carbocycles. The molecule has 0 saturated carbocycles. The van der Waals surface area contributed by atoms with E-state index in [1.54, 1.807) is 12.1 Å². The summed E-state index contributed by atoms with van der Waals surface area (Å²) in [6, 6.07) is 11.0. The Hall–Kier alpha value is -3.14. The Balaban J connectivity index is 1.63. The molecule has 2 heterocycles. The molecule has 0 amide bonds. The van der Waals surface area contributed by atoms with Crippen LogP contribution >= 0.6 is 12.6 Å². The van der Waals surface area contributed by atoms with Crippen LogP contribution in [-0.2, 0) is 25.7 Å². The molecule has 9 heteroatoms. The van der Waals surface area contributed by atoms with E-state index < -0.39 is 21.5 Å². The molecule has 2 aliphatic rings. The van der Waals surface area contributed by atoms with E-state index in [-0.39, 0.29) is 16.7 Å². The number of carboxylic acids is 1. The molecule has 0 unspecified atom stereocenters. The lowest BCUT2D eigenvalue weighted by molar-refractivity contribution is -0.438. The van der Waals surface area contributed by atoms with Crippen LogP contribution in [0.4, 0.5) is 11.4 Å². The normalized spacial score (nSPS) is 18.5. The number of thiol groups is 1. The van der Waals surface area contributed by atoms with E-state index in [4.69, 9.17) is 5.11 Å². The predicted octanol–water partition coefficient (Wildman–Crippen LogP) is 7.06. The number of hydrogen-bond acceptors (Lipinski definition) is 5. The molecule has 4 rings (SSSR count). The molecule has 0 radical (unpaired) electrons. The molecule has 0 spiro atoms. The number of likely N-dealkylation sites (N-methyl/N-ethyl adjacent to an activating group) is 1. The third kappa shape index (κ3) is 6.28. The van der Waals surface area contributed by atoms with Crippen molar-refractivity contribution in [1.82, 2.24) is 0 Å². The lowest BCUT2D eigenvalue weighted by Gasteiger charge is -2.25. The average molecular weight is 610 g/mol. The summed E-state index contributed by atoms with van der Waals surface area (Å²) in [4.78, 5) is 14.1. The van der Waals surface area contributed by atoms with Crippen molar-refractivity contribution in [3.63, 3.8) is 0 Å². The van der Waals surface area contributed by atoms with Crippen LogP contribution in [0.3, 0.4) is 0 Å². The van der Waals surface area contributed by atoms with Crippen molar-refractivity contribution < 1.29 is 27.4 Å². The number of nitrogens with zero attached hydrogens (tertiary/aromatic N) is 2. The summed E-state index contributed by atoms with van der Waals surface area (Å²) in [7, 11) is -4.34. The van der Waals surface area contributed by atoms with Gasteiger partial charge in [0.2, 0.25) is 5.69 Å². The fraction of sp³-hybridized carbons (Fsp3) is 0.394. The van der Waals surface area contributed by atoms with Gasteiger partial charge in [0.05, 0.1) is 10.3 Å². The van der Waals surface area contributed by atoms with Gasteiger partial charge in [-0.2, -0.15) is 13.0 Å². The first-order valence-corrected chi connectivity index (χ1v) is 16.2. The molecule has 2 aromatic carbocycles. The fourth-order valence-corrected chi connectivity index (χ4v) is 6.85. The number of hydrogen-bond donors (Lipinski definition) is 3. The summed E-state index contributed by atoms with van der Waals surface area (Å²) < 4.78 is 35.6. The molecule has 2 aliphatic heterocycles. The monoisotopic (exact) mass is 609 g/mol. The van der Waals surface area contributed by atoms with Crippen LogP contribution in [0.25, 0.3) is 0 Å². The van der Waals surface area contributed by atoms with Gasteiger partial charge in [0.15, 0.2) is 5.71 Å². The molecule has 0 saturated heterocycles. The van der Waals surface area contributed by atoms with E-state index in [9.17, 15) is 17.8 Å². The van der Waals surface area contributed by atoms with E-state index in [1.807, 2.05) is 38.1 Å².